The van der Waals surface area contributed by atoms with Gasteiger partial charge in [-0.05, 0) is 30.3 Å². The summed E-state index contributed by atoms with van der Waals surface area (Å²) < 4.78 is 15.5. The number of rotatable bonds is 3. The largest absolute Gasteiger partial charge is 0.287 e. The molecule has 0 bridgehead atoms. The van der Waals surface area contributed by atoms with Gasteiger partial charge in [-0.25, -0.2) is 9.07 Å². The maximum atomic E-state index is 14.0. The number of ketones is 1. The van der Waals surface area contributed by atoms with Crippen molar-refractivity contribution < 1.29 is 9.18 Å². The molecular weight excluding hydrogens is 291 g/mol. The minimum Gasteiger partial charge on any atom is -0.287 e. The number of benzene rings is 2. The lowest BCUT2D eigenvalue weighted by molar-refractivity contribution is 0.102. The summed E-state index contributed by atoms with van der Waals surface area (Å²) >= 11 is 5.73. The van der Waals surface area contributed by atoms with Crippen LogP contribution in [-0.4, -0.2) is 15.6 Å². The Bertz CT molecular complexity index is 799. The van der Waals surface area contributed by atoms with Crippen LogP contribution >= 0.6 is 11.6 Å². The molecule has 0 atom stereocenters. The van der Waals surface area contributed by atoms with Crippen LogP contribution in [-0.2, 0) is 0 Å². The number of aromatic nitrogens is 2. The Hall–Kier alpha value is -2.46. The predicted octanol–water partition coefficient (Wildman–Crippen LogP) is 3.90. The smallest absolute Gasteiger partial charge is 0.214 e. The third-order valence-electron chi connectivity index (χ3n) is 3.07. The van der Waals surface area contributed by atoms with Gasteiger partial charge in [0.15, 0.2) is 5.82 Å². The SMILES string of the molecule is O=C(c1cccc(Cl)c1F)c1ccnn1-c1ccccc1. The Kier molecular flexibility index (Phi) is 3.54. The summed E-state index contributed by atoms with van der Waals surface area (Å²) in [4.78, 5) is 12.5. The van der Waals surface area contributed by atoms with Gasteiger partial charge in [-0.1, -0.05) is 35.9 Å². The maximum Gasteiger partial charge on any atom is 0.214 e. The molecule has 21 heavy (non-hydrogen) atoms. The summed E-state index contributed by atoms with van der Waals surface area (Å²) in [5.41, 5.74) is 0.941. The van der Waals surface area contributed by atoms with Crippen LogP contribution in [0.25, 0.3) is 5.69 Å². The molecule has 0 amide bonds. The molecule has 1 heterocycles. The molecule has 0 saturated heterocycles. The third kappa shape index (κ3) is 2.45. The van der Waals surface area contributed by atoms with E-state index in [-0.39, 0.29) is 16.3 Å². The molecule has 2 aromatic carbocycles. The quantitative estimate of drug-likeness (QED) is 0.688. The van der Waals surface area contributed by atoms with Crippen molar-refractivity contribution in [2.45, 2.75) is 0 Å². The number of hydrogen-bond donors (Lipinski definition) is 0. The highest BCUT2D eigenvalue weighted by Crippen LogP contribution is 2.21. The summed E-state index contributed by atoms with van der Waals surface area (Å²) in [5.74, 6) is -1.18. The maximum absolute atomic E-state index is 14.0. The lowest BCUT2D eigenvalue weighted by Crippen LogP contribution is -2.11. The topological polar surface area (TPSA) is 34.9 Å². The van der Waals surface area contributed by atoms with E-state index in [2.05, 4.69) is 5.10 Å². The van der Waals surface area contributed by atoms with E-state index in [9.17, 15) is 9.18 Å². The summed E-state index contributed by atoms with van der Waals surface area (Å²) in [6.07, 6.45) is 1.50. The summed E-state index contributed by atoms with van der Waals surface area (Å²) in [5, 5.41) is 4.05. The van der Waals surface area contributed by atoms with E-state index in [1.165, 1.54) is 23.0 Å². The molecule has 104 valence electrons. The van der Waals surface area contributed by atoms with Crippen LogP contribution in [0.15, 0.2) is 60.8 Å². The van der Waals surface area contributed by atoms with Crippen LogP contribution in [0.5, 0.6) is 0 Å². The Morgan fingerprint density at radius 1 is 1.05 bits per heavy atom. The van der Waals surface area contributed by atoms with Gasteiger partial charge in [-0.3, -0.25) is 4.79 Å². The van der Waals surface area contributed by atoms with E-state index in [0.717, 1.165) is 5.69 Å². The molecule has 0 aliphatic carbocycles. The van der Waals surface area contributed by atoms with E-state index >= 15 is 0 Å². The average Bonchev–Trinajstić information content (AvgIpc) is 3.00. The van der Waals surface area contributed by atoms with Crippen LogP contribution in [0.1, 0.15) is 16.1 Å². The standard InChI is InChI=1S/C16H10ClFN2O/c17-13-8-4-7-12(15(13)18)16(21)14-9-10-19-20(14)11-5-2-1-3-6-11/h1-10H. The molecule has 3 rings (SSSR count). The van der Waals surface area contributed by atoms with Crippen molar-refractivity contribution in [3.8, 4) is 5.69 Å². The van der Waals surface area contributed by atoms with Crippen molar-refractivity contribution in [2.75, 3.05) is 0 Å². The molecule has 0 aliphatic rings. The van der Waals surface area contributed by atoms with Gasteiger partial charge in [0, 0.05) is 0 Å². The first kappa shape index (κ1) is 13.5. The van der Waals surface area contributed by atoms with Gasteiger partial charge in [0.05, 0.1) is 22.5 Å². The van der Waals surface area contributed by atoms with Crippen LogP contribution in [0.3, 0.4) is 0 Å². The van der Waals surface area contributed by atoms with Gasteiger partial charge >= 0.3 is 0 Å². The number of hydrogen-bond acceptors (Lipinski definition) is 2. The molecular formula is C16H10ClFN2O. The van der Waals surface area contributed by atoms with Crippen molar-refractivity contribution in [1.82, 2.24) is 9.78 Å². The lowest BCUT2D eigenvalue weighted by atomic mass is 10.1. The minimum atomic E-state index is -0.718. The highest BCUT2D eigenvalue weighted by atomic mass is 35.5. The number of para-hydroxylation sites is 1. The van der Waals surface area contributed by atoms with Gasteiger partial charge in [-0.15, -0.1) is 0 Å². The monoisotopic (exact) mass is 300 g/mol. The molecule has 3 nitrogen and oxygen atoms in total. The fourth-order valence-electron chi connectivity index (χ4n) is 2.07. The number of carbonyl (C=O) groups excluding carboxylic acids is 1. The summed E-state index contributed by atoms with van der Waals surface area (Å²) in [7, 11) is 0. The average molecular weight is 301 g/mol. The Morgan fingerprint density at radius 3 is 2.57 bits per heavy atom. The van der Waals surface area contributed by atoms with Crippen molar-refractivity contribution in [1.29, 1.82) is 0 Å². The van der Waals surface area contributed by atoms with Gasteiger partial charge in [0.2, 0.25) is 5.78 Å². The lowest BCUT2D eigenvalue weighted by Gasteiger charge is -2.07. The zero-order valence-corrected chi connectivity index (χ0v) is 11.6. The third-order valence-corrected chi connectivity index (χ3v) is 3.36. The van der Waals surface area contributed by atoms with E-state index in [1.54, 1.807) is 12.1 Å². The van der Waals surface area contributed by atoms with Gasteiger partial charge in [0.25, 0.3) is 0 Å². The van der Waals surface area contributed by atoms with Gasteiger partial charge in [-0.2, -0.15) is 5.10 Å². The van der Waals surface area contributed by atoms with Crippen molar-refractivity contribution in [3.05, 3.63) is 82.9 Å². The highest BCUT2D eigenvalue weighted by Gasteiger charge is 2.20. The predicted molar refractivity (Wildman–Crippen MR) is 78.4 cm³/mol. The normalized spacial score (nSPS) is 10.6. The number of halogens is 2. The first-order chi connectivity index (χ1) is 10.2. The van der Waals surface area contributed by atoms with Crippen molar-refractivity contribution in [3.63, 3.8) is 0 Å². The fraction of sp³-hybridized carbons (Fsp3) is 0. The van der Waals surface area contributed by atoms with E-state index in [1.807, 2.05) is 30.3 Å². The second kappa shape index (κ2) is 5.50. The first-order valence-corrected chi connectivity index (χ1v) is 6.64. The van der Waals surface area contributed by atoms with Crippen molar-refractivity contribution in [2.24, 2.45) is 0 Å². The number of carbonyl (C=O) groups is 1. The molecule has 0 radical (unpaired) electrons. The minimum absolute atomic E-state index is 0.0693. The first-order valence-electron chi connectivity index (χ1n) is 6.26. The van der Waals surface area contributed by atoms with E-state index in [4.69, 9.17) is 11.6 Å². The van der Waals surface area contributed by atoms with Gasteiger partial charge in [0.1, 0.15) is 5.69 Å². The molecule has 0 fully saturated rings. The van der Waals surface area contributed by atoms with E-state index in [0.29, 0.717) is 0 Å². The summed E-state index contributed by atoms with van der Waals surface area (Å²) in [6, 6.07) is 15.1. The molecule has 0 aliphatic heterocycles. The Morgan fingerprint density at radius 2 is 1.81 bits per heavy atom. The molecule has 0 N–H and O–H groups in total. The number of nitrogens with zero attached hydrogens (tertiary/aromatic N) is 2. The summed E-state index contributed by atoms with van der Waals surface area (Å²) in [6.45, 7) is 0. The second-order valence-corrected chi connectivity index (χ2v) is 4.80. The molecule has 1 aromatic heterocycles. The molecule has 0 unspecified atom stereocenters. The van der Waals surface area contributed by atoms with Crippen LogP contribution in [0.2, 0.25) is 5.02 Å². The molecule has 5 heteroatoms. The molecule has 0 saturated carbocycles. The zero-order valence-electron chi connectivity index (χ0n) is 10.8. The Labute approximate surface area is 125 Å². The van der Waals surface area contributed by atoms with Crippen LogP contribution in [0, 0.1) is 5.82 Å². The van der Waals surface area contributed by atoms with Gasteiger partial charge < -0.3 is 0 Å². The van der Waals surface area contributed by atoms with Crippen LogP contribution in [0.4, 0.5) is 4.39 Å². The molecule has 3 aromatic rings. The molecule has 0 spiro atoms. The van der Waals surface area contributed by atoms with Crippen LogP contribution < -0.4 is 0 Å². The fourth-order valence-corrected chi connectivity index (χ4v) is 2.24. The second-order valence-electron chi connectivity index (χ2n) is 4.39. The Balaban J connectivity index is 2.08. The highest BCUT2D eigenvalue weighted by molar-refractivity contribution is 6.31. The van der Waals surface area contributed by atoms with E-state index < -0.39 is 11.6 Å². The zero-order chi connectivity index (χ0) is 14.8. The van der Waals surface area contributed by atoms with Crippen molar-refractivity contribution >= 4 is 17.4 Å².